The Balaban J connectivity index is 2.06. The maximum Gasteiger partial charge on any atom is 0.226 e. The lowest BCUT2D eigenvalue weighted by molar-refractivity contribution is 0.0772. The molecule has 2 rings (SSSR count). The first-order valence-corrected chi connectivity index (χ1v) is 8.50. The van der Waals surface area contributed by atoms with Gasteiger partial charge in [-0.1, -0.05) is 18.2 Å². The molecule has 0 aliphatic heterocycles. The Hall–Kier alpha value is -1.66. The number of sulfone groups is 1. The molecule has 1 heterocycles. The maximum atomic E-state index is 12.0. The summed E-state index contributed by atoms with van der Waals surface area (Å²) >= 11 is 0. The molecule has 6 heteroatoms. The third-order valence-electron chi connectivity index (χ3n) is 2.97. The molecule has 1 N–H and O–H groups in total. The van der Waals surface area contributed by atoms with Crippen molar-refractivity contribution in [2.24, 2.45) is 0 Å². The van der Waals surface area contributed by atoms with Crippen LogP contribution in [0.2, 0.25) is 0 Å². The lowest BCUT2D eigenvalue weighted by atomic mass is 10.1. The number of benzene rings is 1. The van der Waals surface area contributed by atoms with Crippen molar-refractivity contribution in [1.29, 1.82) is 0 Å². The summed E-state index contributed by atoms with van der Waals surface area (Å²) in [5, 5.41) is 9.60. The van der Waals surface area contributed by atoms with Crippen LogP contribution < -0.4 is 0 Å². The molecule has 0 amide bonds. The highest BCUT2D eigenvalue weighted by molar-refractivity contribution is 7.90. The molecular weight excluding hydrogens is 290 g/mol. The van der Waals surface area contributed by atoms with Gasteiger partial charge in [0.05, 0.1) is 22.8 Å². The van der Waals surface area contributed by atoms with Gasteiger partial charge in [0.25, 0.3) is 0 Å². The van der Waals surface area contributed by atoms with E-state index in [1.54, 1.807) is 13.8 Å². The zero-order valence-electron chi connectivity index (χ0n) is 12.1. The first-order chi connectivity index (χ1) is 9.75. The predicted octanol–water partition coefficient (Wildman–Crippen LogP) is 2.42. The first-order valence-electron chi connectivity index (χ1n) is 6.68. The summed E-state index contributed by atoms with van der Waals surface area (Å²) < 4.78 is 29.3. The van der Waals surface area contributed by atoms with Gasteiger partial charge < -0.3 is 9.52 Å². The van der Waals surface area contributed by atoms with Crippen molar-refractivity contribution in [1.82, 2.24) is 4.98 Å². The van der Waals surface area contributed by atoms with Gasteiger partial charge in [-0.05, 0) is 32.4 Å². The monoisotopic (exact) mass is 309 g/mol. The van der Waals surface area contributed by atoms with E-state index in [9.17, 15) is 13.5 Å². The summed E-state index contributed by atoms with van der Waals surface area (Å²) in [4.78, 5) is 4.20. The molecular formula is C15H19NO4S. The minimum Gasteiger partial charge on any atom is -0.444 e. The van der Waals surface area contributed by atoms with Gasteiger partial charge in [0.1, 0.15) is 6.26 Å². The van der Waals surface area contributed by atoms with E-state index in [4.69, 9.17) is 4.42 Å². The van der Waals surface area contributed by atoms with Crippen molar-refractivity contribution >= 4 is 9.84 Å². The minimum absolute atomic E-state index is 0.0793. The minimum atomic E-state index is -3.32. The fourth-order valence-corrected chi connectivity index (χ4v) is 3.33. The third kappa shape index (κ3) is 4.99. The zero-order valence-corrected chi connectivity index (χ0v) is 12.9. The molecule has 1 aromatic heterocycles. The summed E-state index contributed by atoms with van der Waals surface area (Å²) in [5.74, 6) is 0.145. The van der Waals surface area contributed by atoms with Crippen molar-refractivity contribution in [3.63, 3.8) is 0 Å². The van der Waals surface area contributed by atoms with Crippen LogP contribution in [0.25, 0.3) is 11.5 Å². The largest absolute Gasteiger partial charge is 0.444 e. The van der Waals surface area contributed by atoms with E-state index in [2.05, 4.69) is 4.98 Å². The number of oxazole rings is 1. The SMILES string of the molecule is CC(C)(O)CCS(=O)(=O)Cc1coc(-c2ccccc2)n1. The van der Waals surface area contributed by atoms with E-state index in [0.29, 0.717) is 11.6 Å². The fraction of sp³-hybridized carbons (Fsp3) is 0.400. The predicted molar refractivity (Wildman–Crippen MR) is 80.3 cm³/mol. The number of rotatable bonds is 6. The summed E-state index contributed by atoms with van der Waals surface area (Å²) in [7, 11) is -3.32. The van der Waals surface area contributed by atoms with E-state index in [-0.39, 0.29) is 17.9 Å². The molecule has 0 fully saturated rings. The quantitative estimate of drug-likeness (QED) is 0.886. The van der Waals surface area contributed by atoms with Crippen LogP contribution >= 0.6 is 0 Å². The molecule has 0 radical (unpaired) electrons. The van der Waals surface area contributed by atoms with Crippen LogP contribution in [0.1, 0.15) is 26.0 Å². The van der Waals surface area contributed by atoms with Gasteiger partial charge in [-0.3, -0.25) is 0 Å². The van der Waals surface area contributed by atoms with Gasteiger partial charge in [0.15, 0.2) is 9.84 Å². The molecule has 21 heavy (non-hydrogen) atoms. The molecule has 0 aliphatic rings. The van der Waals surface area contributed by atoms with E-state index in [1.165, 1.54) is 6.26 Å². The second kappa shape index (κ2) is 5.99. The van der Waals surface area contributed by atoms with E-state index >= 15 is 0 Å². The first kappa shape index (κ1) is 15.7. The van der Waals surface area contributed by atoms with Crippen LogP contribution in [0.4, 0.5) is 0 Å². The molecule has 0 atom stereocenters. The lowest BCUT2D eigenvalue weighted by Crippen LogP contribution is -2.24. The Kier molecular flexibility index (Phi) is 4.49. The Labute approximate surface area is 124 Å². The Bertz CT molecular complexity index is 684. The average molecular weight is 309 g/mol. The third-order valence-corrected chi connectivity index (χ3v) is 4.53. The summed E-state index contributed by atoms with van der Waals surface area (Å²) in [5.41, 5.74) is 0.189. The van der Waals surface area contributed by atoms with Crippen LogP contribution in [0, 0.1) is 0 Å². The fourth-order valence-electron chi connectivity index (χ4n) is 1.79. The molecule has 0 aliphatic carbocycles. The van der Waals surface area contributed by atoms with Crippen LogP contribution in [0.5, 0.6) is 0 Å². The Morgan fingerprint density at radius 1 is 1.24 bits per heavy atom. The van der Waals surface area contributed by atoms with E-state index in [1.807, 2.05) is 30.3 Å². The van der Waals surface area contributed by atoms with Crippen LogP contribution in [0.15, 0.2) is 41.0 Å². The van der Waals surface area contributed by atoms with Gasteiger partial charge >= 0.3 is 0 Å². The van der Waals surface area contributed by atoms with Crippen LogP contribution in [0.3, 0.4) is 0 Å². The standard InChI is InChI=1S/C15H19NO4S/c1-15(2,17)8-9-21(18,19)11-13-10-20-14(16-13)12-6-4-3-5-7-12/h3-7,10,17H,8-9,11H2,1-2H3. The molecule has 0 spiro atoms. The van der Waals surface area contributed by atoms with Crippen LogP contribution in [-0.2, 0) is 15.6 Å². The Morgan fingerprint density at radius 2 is 1.90 bits per heavy atom. The molecule has 0 saturated heterocycles. The number of hydrogen-bond donors (Lipinski definition) is 1. The molecule has 0 unspecified atom stereocenters. The number of hydrogen-bond acceptors (Lipinski definition) is 5. The number of nitrogens with zero attached hydrogens (tertiary/aromatic N) is 1. The molecule has 2 aromatic rings. The lowest BCUT2D eigenvalue weighted by Gasteiger charge is -2.16. The Morgan fingerprint density at radius 3 is 2.52 bits per heavy atom. The van der Waals surface area contributed by atoms with Crippen molar-refractivity contribution in [2.75, 3.05) is 5.75 Å². The second-order valence-electron chi connectivity index (χ2n) is 5.66. The second-order valence-corrected chi connectivity index (χ2v) is 7.85. The van der Waals surface area contributed by atoms with Gasteiger partial charge in [-0.25, -0.2) is 13.4 Å². The summed E-state index contributed by atoms with van der Waals surface area (Å²) in [6.45, 7) is 3.18. The van der Waals surface area contributed by atoms with Crippen molar-refractivity contribution in [2.45, 2.75) is 31.6 Å². The highest BCUT2D eigenvalue weighted by atomic mass is 32.2. The molecule has 0 saturated carbocycles. The smallest absolute Gasteiger partial charge is 0.226 e. The van der Waals surface area contributed by atoms with Crippen molar-refractivity contribution < 1.29 is 17.9 Å². The van der Waals surface area contributed by atoms with E-state index in [0.717, 1.165) is 5.56 Å². The normalized spacial score (nSPS) is 12.5. The van der Waals surface area contributed by atoms with Gasteiger partial charge in [0.2, 0.25) is 5.89 Å². The maximum absolute atomic E-state index is 12.0. The molecule has 1 aromatic carbocycles. The molecule has 5 nitrogen and oxygen atoms in total. The topological polar surface area (TPSA) is 80.4 Å². The summed E-state index contributed by atoms with van der Waals surface area (Å²) in [6.07, 6.45) is 1.56. The molecule has 114 valence electrons. The highest BCUT2D eigenvalue weighted by Crippen LogP contribution is 2.19. The number of aromatic nitrogens is 1. The number of aliphatic hydroxyl groups is 1. The van der Waals surface area contributed by atoms with Gasteiger partial charge in [-0.15, -0.1) is 0 Å². The van der Waals surface area contributed by atoms with Crippen LogP contribution in [-0.4, -0.2) is 29.9 Å². The van der Waals surface area contributed by atoms with E-state index < -0.39 is 15.4 Å². The highest BCUT2D eigenvalue weighted by Gasteiger charge is 2.21. The van der Waals surface area contributed by atoms with Crippen molar-refractivity contribution in [3.8, 4) is 11.5 Å². The average Bonchev–Trinajstić information content (AvgIpc) is 2.85. The molecule has 0 bridgehead atoms. The zero-order chi connectivity index (χ0) is 15.5. The van der Waals surface area contributed by atoms with Gasteiger partial charge in [-0.2, -0.15) is 0 Å². The van der Waals surface area contributed by atoms with Crippen molar-refractivity contribution in [3.05, 3.63) is 42.3 Å². The summed E-state index contributed by atoms with van der Waals surface area (Å²) in [6, 6.07) is 9.30. The van der Waals surface area contributed by atoms with Gasteiger partial charge in [0, 0.05) is 5.56 Å².